The summed E-state index contributed by atoms with van der Waals surface area (Å²) in [4.78, 5) is 39.7. The van der Waals surface area contributed by atoms with Crippen molar-refractivity contribution in [1.29, 1.82) is 10.5 Å². The van der Waals surface area contributed by atoms with Crippen molar-refractivity contribution in [2.75, 3.05) is 26.2 Å². The molecule has 0 N–H and O–H groups in total. The number of rotatable bonds is 7. The summed E-state index contributed by atoms with van der Waals surface area (Å²) in [6.07, 6.45) is 9.34. The molecule has 5 aliphatic carbocycles. The van der Waals surface area contributed by atoms with Crippen LogP contribution in [0, 0.1) is 82.1 Å². The highest BCUT2D eigenvalue weighted by atomic mass is 16.5. The highest BCUT2D eigenvalue weighted by Gasteiger charge is 2.58. The van der Waals surface area contributed by atoms with E-state index in [1.54, 1.807) is 0 Å². The zero-order chi connectivity index (χ0) is 36.9. The number of ether oxygens (including phenoxy) is 2. The molecule has 0 spiro atoms. The van der Waals surface area contributed by atoms with E-state index in [0.29, 0.717) is 47.9 Å². The average molecular weight is 705 g/mol. The molecule has 7 rings (SSSR count). The van der Waals surface area contributed by atoms with Gasteiger partial charge in [0.05, 0.1) is 30.9 Å². The zero-order valence-electron chi connectivity index (χ0n) is 31.2. The molecule has 0 aromatic heterocycles. The van der Waals surface area contributed by atoms with Gasteiger partial charge in [0.1, 0.15) is 12.2 Å². The van der Waals surface area contributed by atoms with Crippen LogP contribution in [0.3, 0.4) is 0 Å². The molecule has 5 fully saturated rings. The molecule has 2 bridgehead atoms. The molecule has 10 nitrogen and oxygen atoms in total. The van der Waals surface area contributed by atoms with E-state index in [4.69, 9.17) is 22.6 Å². The Hall–Kier alpha value is -4.28. The van der Waals surface area contributed by atoms with Crippen LogP contribution < -0.4 is 0 Å². The third-order valence-corrected chi connectivity index (χ3v) is 13.5. The van der Waals surface area contributed by atoms with Crippen molar-refractivity contribution >= 4 is 11.9 Å². The SMILES string of the molecule is [C-]#[N+]C1=C(N2CCCC2)CC(C)(C)C/C1=C(/[N+]#[C-])C(=O)OC1CC2CC1C1CC(OC(=O)C(C#N)C3CC(C)(C)CC(N4CCCC4)=C3C#N)CC21. The first-order chi connectivity index (χ1) is 24.9. The molecule has 0 aromatic rings. The highest BCUT2D eigenvalue weighted by molar-refractivity contribution is 5.92. The number of nitrogens with zero attached hydrogens (tertiary/aromatic N) is 6. The van der Waals surface area contributed by atoms with Crippen molar-refractivity contribution in [3.05, 3.63) is 56.8 Å². The molecule has 2 heterocycles. The van der Waals surface area contributed by atoms with E-state index in [9.17, 15) is 20.1 Å². The summed E-state index contributed by atoms with van der Waals surface area (Å²) in [6.45, 7) is 28.3. The minimum Gasteiger partial charge on any atom is -0.467 e. The van der Waals surface area contributed by atoms with Gasteiger partial charge in [-0.2, -0.15) is 10.5 Å². The van der Waals surface area contributed by atoms with Gasteiger partial charge in [0, 0.05) is 43.5 Å². The van der Waals surface area contributed by atoms with E-state index in [1.165, 1.54) is 0 Å². The maximum atomic E-state index is 13.8. The lowest BCUT2D eigenvalue weighted by Gasteiger charge is -2.40. The van der Waals surface area contributed by atoms with Gasteiger partial charge in [-0.15, -0.1) is 0 Å². The van der Waals surface area contributed by atoms with Crippen LogP contribution in [0.2, 0.25) is 0 Å². The molecule has 7 aliphatic rings. The van der Waals surface area contributed by atoms with E-state index in [-0.39, 0.29) is 40.6 Å². The molecule has 8 atom stereocenters. The summed E-state index contributed by atoms with van der Waals surface area (Å²) in [6, 6.07) is 4.66. The van der Waals surface area contributed by atoms with Crippen LogP contribution in [-0.4, -0.2) is 60.1 Å². The second-order valence-electron chi connectivity index (χ2n) is 18.2. The number of fused-ring (bicyclic) bond motifs is 5. The van der Waals surface area contributed by atoms with E-state index in [0.717, 1.165) is 95.4 Å². The fourth-order valence-electron chi connectivity index (χ4n) is 11.3. The van der Waals surface area contributed by atoms with Crippen LogP contribution in [0.1, 0.15) is 105 Å². The average Bonchev–Trinajstić information content (AvgIpc) is 3.93. The predicted molar refractivity (Wildman–Crippen MR) is 192 cm³/mol. The summed E-state index contributed by atoms with van der Waals surface area (Å²) in [5.74, 6) is -1.62. The second kappa shape index (κ2) is 13.9. The number of likely N-dealkylation sites (tertiary alicyclic amines) is 2. The first-order valence-electron chi connectivity index (χ1n) is 19.5. The van der Waals surface area contributed by atoms with Gasteiger partial charge in [-0.25, -0.2) is 9.69 Å². The van der Waals surface area contributed by atoms with Crippen molar-refractivity contribution in [1.82, 2.24) is 9.80 Å². The summed E-state index contributed by atoms with van der Waals surface area (Å²) in [5, 5.41) is 20.6. The third-order valence-electron chi connectivity index (χ3n) is 13.5. The van der Waals surface area contributed by atoms with Crippen molar-refractivity contribution in [3.63, 3.8) is 0 Å². The maximum Gasteiger partial charge on any atom is 0.335 e. The number of hydrogen-bond acceptors (Lipinski definition) is 8. The molecular weight excluding hydrogens is 652 g/mol. The van der Waals surface area contributed by atoms with E-state index < -0.39 is 23.8 Å². The largest absolute Gasteiger partial charge is 0.467 e. The van der Waals surface area contributed by atoms with Crippen LogP contribution in [0.15, 0.2) is 33.9 Å². The Morgan fingerprint density at radius 2 is 1.46 bits per heavy atom. The van der Waals surface area contributed by atoms with Gasteiger partial charge in [-0.05, 0) is 117 Å². The molecule has 10 heteroatoms. The van der Waals surface area contributed by atoms with Crippen molar-refractivity contribution in [2.24, 2.45) is 46.3 Å². The first kappa shape index (κ1) is 36.1. The Morgan fingerprint density at radius 1 is 0.827 bits per heavy atom. The summed E-state index contributed by atoms with van der Waals surface area (Å²) >= 11 is 0. The van der Waals surface area contributed by atoms with Gasteiger partial charge in [0.2, 0.25) is 0 Å². The molecule has 0 amide bonds. The molecule has 3 saturated carbocycles. The van der Waals surface area contributed by atoms with Crippen molar-refractivity contribution < 1.29 is 19.1 Å². The minimum atomic E-state index is -1.04. The number of nitriles is 2. The number of allylic oxidation sites excluding steroid dienone is 4. The first-order valence-corrected chi connectivity index (χ1v) is 19.5. The lowest BCUT2D eigenvalue weighted by molar-refractivity contribution is -0.153. The van der Waals surface area contributed by atoms with Crippen LogP contribution in [0.25, 0.3) is 9.69 Å². The zero-order valence-corrected chi connectivity index (χ0v) is 31.2. The summed E-state index contributed by atoms with van der Waals surface area (Å²) in [5.41, 5.74) is 3.13. The van der Waals surface area contributed by atoms with Crippen LogP contribution in [0.5, 0.6) is 0 Å². The molecule has 0 radical (unpaired) electrons. The van der Waals surface area contributed by atoms with E-state index in [1.807, 2.05) is 0 Å². The monoisotopic (exact) mass is 704 g/mol. The fraction of sp³-hybridized carbons (Fsp3) is 0.714. The van der Waals surface area contributed by atoms with Crippen molar-refractivity contribution in [3.8, 4) is 12.1 Å². The number of esters is 2. The Balaban J connectivity index is 1.04. The summed E-state index contributed by atoms with van der Waals surface area (Å²) < 4.78 is 12.3. The lowest BCUT2D eigenvalue weighted by Crippen LogP contribution is -2.38. The molecule has 2 aliphatic heterocycles. The Labute approximate surface area is 309 Å². The quantitative estimate of drug-likeness (QED) is 0.152. The standard InChI is InChI=1S/C42H52N6O4/c1-41(2)19-30(32(23-43)34(21-41)47-11-7-8-12-47)33(24-44)39(49)51-26-17-27-25-15-29(28(27)18-26)36(16-25)52-40(50)38(46-6)31-20-42(3,4)22-35(37(31)45-5)48-13-9-10-14-48/h25-30,33,36H,7-22H2,1-4H3/b38-31-. The van der Waals surface area contributed by atoms with Gasteiger partial charge in [0.25, 0.3) is 5.70 Å². The number of carbonyl (C=O) groups excluding carboxylic acids is 2. The second-order valence-corrected chi connectivity index (χ2v) is 18.2. The van der Waals surface area contributed by atoms with E-state index >= 15 is 0 Å². The molecular formula is C42H52N6O4. The third kappa shape index (κ3) is 6.60. The van der Waals surface area contributed by atoms with E-state index in [2.05, 4.69) is 59.3 Å². The highest BCUT2D eigenvalue weighted by Crippen LogP contribution is 2.60. The molecule has 274 valence electrons. The number of carbonyl (C=O) groups is 2. The minimum absolute atomic E-state index is 0.0554. The molecule has 8 unspecified atom stereocenters. The maximum absolute atomic E-state index is 13.8. The van der Waals surface area contributed by atoms with Crippen molar-refractivity contribution in [2.45, 2.75) is 117 Å². The van der Waals surface area contributed by atoms with Gasteiger partial charge < -0.3 is 19.3 Å². The molecule has 0 aromatic carbocycles. The Bertz CT molecular complexity index is 1770. The number of hydrogen-bond donors (Lipinski definition) is 0. The van der Waals surface area contributed by atoms with Gasteiger partial charge in [-0.1, -0.05) is 27.7 Å². The smallest absolute Gasteiger partial charge is 0.335 e. The van der Waals surface area contributed by atoms with Gasteiger partial charge in [-0.3, -0.25) is 9.59 Å². The normalized spacial score (nSPS) is 34.6. The van der Waals surface area contributed by atoms with Crippen LogP contribution in [-0.2, 0) is 19.1 Å². The van der Waals surface area contributed by atoms with Gasteiger partial charge >= 0.3 is 11.9 Å². The fourth-order valence-corrected chi connectivity index (χ4v) is 11.3. The Kier molecular flexibility index (Phi) is 9.67. The predicted octanol–water partition coefficient (Wildman–Crippen LogP) is 7.55. The summed E-state index contributed by atoms with van der Waals surface area (Å²) in [7, 11) is 0. The van der Waals surface area contributed by atoms with Crippen LogP contribution in [0.4, 0.5) is 0 Å². The molecule has 2 saturated heterocycles. The lowest BCUT2D eigenvalue weighted by atomic mass is 9.67. The van der Waals surface area contributed by atoms with Crippen LogP contribution >= 0.6 is 0 Å². The topological polar surface area (TPSA) is 115 Å². The molecule has 52 heavy (non-hydrogen) atoms. The van der Waals surface area contributed by atoms with Gasteiger partial charge in [0.15, 0.2) is 11.6 Å². The Morgan fingerprint density at radius 3 is 2.08 bits per heavy atom.